The zero-order chi connectivity index (χ0) is 13.1. The Morgan fingerprint density at radius 1 is 1.56 bits per heavy atom. The summed E-state index contributed by atoms with van der Waals surface area (Å²) >= 11 is 0. The molecule has 0 radical (unpaired) electrons. The highest BCUT2D eigenvalue weighted by Crippen LogP contribution is 2.27. The van der Waals surface area contributed by atoms with E-state index >= 15 is 0 Å². The smallest absolute Gasteiger partial charge is 0.147 e. The van der Waals surface area contributed by atoms with Crippen LogP contribution in [0.5, 0.6) is 0 Å². The monoisotopic (exact) mass is 249 g/mol. The van der Waals surface area contributed by atoms with Crippen LogP contribution in [0.1, 0.15) is 31.7 Å². The van der Waals surface area contributed by atoms with E-state index in [0.717, 1.165) is 25.9 Å². The molecule has 1 fully saturated rings. The van der Waals surface area contributed by atoms with Crippen molar-refractivity contribution in [3.05, 3.63) is 29.6 Å². The van der Waals surface area contributed by atoms with E-state index in [1.165, 1.54) is 12.5 Å². The Morgan fingerprint density at radius 3 is 2.94 bits per heavy atom. The van der Waals surface area contributed by atoms with Crippen LogP contribution in [0.25, 0.3) is 0 Å². The lowest BCUT2D eigenvalue weighted by Gasteiger charge is -2.34. The van der Waals surface area contributed by atoms with Crippen molar-refractivity contribution in [1.29, 1.82) is 5.41 Å². The molecule has 3 nitrogen and oxygen atoms in total. The van der Waals surface area contributed by atoms with Gasteiger partial charge in [-0.3, -0.25) is 5.41 Å². The van der Waals surface area contributed by atoms with Crippen molar-refractivity contribution in [3.63, 3.8) is 0 Å². The molecule has 0 aliphatic carbocycles. The summed E-state index contributed by atoms with van der Waals surface area (Å²) in [7, 11) is 0. The number of nitrogens with two attached hydrogens (primary N) is 1. The number of rotatable bonds is 3. The van der Waals surface area contributed by atoms with E-state index in [9.17, 15) is 4.39 Å². The number of nitrogens with zero attached hydrogens (tertiary/aromatic N) is 1. The summed E-state index contributed by atoms with van der Waals surface area (Å²) in [6.07, 6.45) is 3.50. The van der Waals surface area contributed by atoms with Crippen molar-refractivity contribution in [2.24, 2.45) is 11.7 Å². The summed E-state index contributed by atoms with van der Waals surface area (Å²) in [5.41, 5.74) is 6.44. The molecule has 4 heteroatoms. The number of amidine groups is 1. The average molecular weight is 249 g/mol. The first-order chi connectivity index (χ1) is 8.61. The summed E-state index contributed by atoms with van der Waals surface area (Å²) < 4.78 is 14.0. The van der Waals surface area contributed by atoms with Gasteiger partial charge in [0.1, 0.15) is 11.7 Å². The van der Waals surface area contributed by atoms with Gasteiger partial charge in [-0.05, 0) is 37.0 Å². The van der Waals surface area contributed by atoms with Crippen LogP contribution in [0.15, 0.2) is 18.2 Å². The minimum absolute atomic E-state index is 0.0921. The lowest BCUT2D eigenvalue weighted by Crippen LogP contribution is -2.35. The van der Waals surface area contributed by atoms with E-state index in [-0.39, 0.29) is 11.7 Å². The highest BCUT2D eigenvalue weighted by molar-refractivity contribution is 5.95. The third-order valence-electron chi connectivity index (χ3n) is 3.70. The van der Waals surface area contributed by atoms with E-state index in [2.05, 4.69) is 11.8 Å². The maximum absolute atomic E-state index is 14.0. The normalized spacial score (nSPS) is 19.9. The minimum atomic E-state index is -0.278. The van der Waals surface area contributed by atoms with Gasteiger partial charge in [-0.25, -0.2) is 4.39 Å². The molecule has 1 aromatic rings. The van der Waals surface area contributed by atoms with Gasteiger partial charge in [-0.2, -0.15) is 0 Å². The van der Waals surface area contributed by atoms with Crippen LogP contribution in [-0.4, -0.2) is 18.9 Å². The van der Waals surface area contributed by atoms with E-state index < -0.39 is 0 Å². The van der Waals surface area contributed by atoms with Crippen LogP contribution in [0.4, 0.5) is 10.1 Å². The van der Waals surface area contributed by atoms with Crippen LogP contribution in [-0.2, 0) is 0 Å². The molecule has 2 rings (SSSR count). The molecule has 1 heterocycles. The zero-order valence-electron chi connectivity index (χ0n) is 10.7. The molecule has 18 heavy (non-hydrogen) atoms. The Morgan fingerprint density at radius 2 is 2.33 bits per heavy atom. The standard InChI is InChI=1S/C14H20FN3/c1-2-10-4-3-7-18(9-10)13-6-5-11(14(16)17)8-12(13)15/h5-6,8,10H,2-4,7,9H2,1H3,(H3,16,17). The zero-order valence-corrected chi connectivity index (χ0v) is 10.7. The molecule has 1 aliphatic rings. The van der Waals surface area contributed by atoms with Crippen LogP contribution in [0.3, 0.4) is 0 Å². The lowest BCUT2D eigenvalue weighted by atomic mass is 9.95. The second kappa shape index (κ2) is 5.38. The number of hydrogen-bond acceptors (Lipinski definition) is 2. The highest BCUT2D eigenvalue weighted by Gasteiger charge is 2.21. The fraction of sp³-hybridized carbons (Fsp3) is 0.500. The Labute approximate surface area is 107 Å². The quantitative estimate of drug-likeness (QED) is 0.639. The molecular weight excluding hydrogens is 229 g/mol. The van der Waals surface area contributed by atoms with Gasteiger partial charge in [-0.1, -0.05) is 13.3 Å². The van der Waals surface area contributed by atoms with E-state index in [1.54, 1.807) is 12.1 Å². The summed E-state index contributed by atoms with van der Waals surface area (Å²) in [5, 5.41) is 7.31. The molecule has 0 bridgehead atoms. The first kappa shape index (κ1) is 12.9. The van der Waals surface area contributed by atoms with Crippen LogP contribution in [0, 0.1) is 17.1 Å². The molecule has 0 spiro atoms. The average Bonchev–Trinajstić information content (AvgIpc) is 2.38. The molecule has 0 amide bonds. The summed E-state index contributed by atoms with van der Waals surface area (Å²) in [6.45, 7) is 4.02. The van der Waals surface area contributed by atoms with E-state index in [1.807, 2.05) is 0 Å². The summed E-state index contributed by atoms with van der Waals surface area (Å²) in [5.74, 6) is 0.288. The van der Waals surface area contributed by atoms with Gasteiger partial charge in [0.15, 0.2) is 0 Å². The highest BCUT2D eigenvalue weighted by atomic mass is 19.1. The van der Waals surface area contributed by atoms with Crippen molar-refractivity contribution in [2.45, 2.75) is 26.2 Å². The Hall–Kier alpha value is -1.58. The Bertz CT molecular complexity index is 445. The van der Waals surface area contributed by atoms with Crippen LogP contribution in [0.2, 0.25) is 0 Å². The Balaban J connectivity index is 2.20. The van der Waals surface area contributed by atoms with Crippen LogP contribution < -0.4 is 10.6 Å². The molecule has 1 atom stereocenters. The maximum Gasteiger partial charge on any atom is 0.147 e. The number of piperidine rings is 1. The summed E-state index contributed by atoms with van der Waals surface area (Å²) in [4.78, 5) is 2.11. The number of nitrogens with one attached hydrogen (secondary N) is 1. The molecule has 98 valence electrons. The summed E-state index contributed by atoms with van der Waals surface area (Å²) in [6, 6.07) is 4.81. The van der Waals surface area contributed by atoms with Gasteiger partial charge in [0.05, 0.1) is 5.69 Å². The van der Waals surface area contributed by atoms with Gasteiger partial charge in [0.2, 0.25) is 0 Å². The molecule has 1 saturated heterocycles. The lowest BCUT2D eigenvalue weighted by molar-refractivity contribution is 0.401. The molecule has 1 aromatic carbocycles. The molecule has 3 N–H and O–H groups in total. The van der Waals surface area contributed by atoms with Gasteiger partial charge in [0, 0.05) is 18.7 Å². The van der Waals surface area contributed by atoms with Gasteiger partial charge in [0.25, 0.3) is 0 Å². The first-order valence-corrected chi connectivity index (χ1v) is 6.50. The van der Waals surface area contributed by atoms with Crippen molar-refractivity contribution in [3.8, 4) is 0 Å². The number of anilines is 1. The molecule has 1 unspecified atom stereocenters. The number of nitrogen functional groups attached to an aromatic ring is 1. The fourth-order valence-electron chi connectivity index (χ4n) is 2.55. The second-order valence-corrected chi connectivity index (χ2v) is 4.94. The predicted octanol–water partition coefficient (Wildman–Crippen LogP) is 2.74. The van der Waals surface area contributed by atoms with Crippen molar-refractivity contribution < 1.29 is 4.39 Å². The van der Waals surface area contributed by atoms with E-state index in [4.69, 9.17) is 11.1 Å². The topological polar surface area (TPSA) is 53.1 Å². The molecule has 1 aliphatic heterocycles. The van der Waals surface area contributed by atoms with Crippen molar-refractivity contribution in [2.75, 3.05) is 18.0 Å². The van der Waals surface area contributed by atoms with Crippen molar-refractivity contribution in [1.82, 2.24) is 0 Å². The number of benzene rings is 1. The maximum atomic E-state index is 14.0. The second-order valence-electron chi connectivity index (χ2n) is 4.94. The van der Waals surface area contributed by atoms with Crippen LogP contribution >= 0.6 is 0 Å². The molecule has 0 saturated carbocycles. The third kappa shape index (κ3) is 2.63. The number of halogens is 1. The molecular formula is C14H20FN3. The minimum Gasteiger partial charge on any atom is -0.384 e. The number of hydrogen-bond donors (Lipinski definition) is 2. The first-order valence-electron chi connectivity index (χ1n) is 6.50. The van der Waals surface area contributed by atoms with Crippen molar-refractivity contribution >= 4 is 11.5 Å². The predicted molar refractivity (Wildman–Crippen MR) is 72.6 cm³/mol. The van der Waals surface area contributed by atoms with Gasteiger partial charge >= 0.3 is 0 Å². The SMILES string of the molecule is CCC1CCCN(c2ccc(C(=N)N)cc2F)C1. The largest absolute Gasteiger partial charge is 0.384 e. The third-order valence-corrected chi connectivity index (χ3v) is 3.70. The van der Waals surface area contributed by atoms with Gasteiger partial charge in [-0.15, -0.1) is 0 Å². The Kier molecular flexibility index (Phi) is 3.84. The molecule has 0 aromatic heterocycles. The fourth-order valence-corrected chi connectivity index (χ4v) is 2.55. The van der Waals surface area contributed by atoms with E-state index in [0.29, 0.717) is 17.2 Å². The van der Waals surface area contributed by atoms with Gasteiger partial charge < -0.3 is 10.6 Å².